The van der Waals surface area contributed by atoms with E-state index in [1.807, 2.05) is 43.3 Å². The Labute approximate surface area is 205 Å². The van der Waals surface area contributed by atoms with Gasteiger partial charge < -0.3 is 24.2 Å². The minimum atomic E-state index is -0.948. The smallest absolute Gasteiger partial charge is 0.328 e. The standard InChI is InChI=1S/C15H26O2.C13H17NO3/c1-11(2)7-8-13-14(3,17-13)12-6-4-5-9-15(12)10-16-15;1-14(2)9-10-17-12-6-3-11(4-7-12)5-8-13(15)16/h11-13H,4-10H2,1-3H3;3-8H,9-10H2,1-2H3,(H,15,16)/b;8-5+. The third-order valence-electron chi connectivity index (χ3n) is 7.28. The van der Waals surface area contributed by atoms with Crippen molar-refractivity contribution in [3.63, 3.8) is 0 Å². The Balaban J connectivity index is 0.000000191. The molecule has 4 atom stereocenters. The van der Waals surface area contributed by atoms with Crippen molar-refractivity contribution in [1.82, 2.24) is 4.90 Å². The highest BCUT2D eigenvalue weighted by atomic mass is 16.6. The molecule has 2 aliphatic heterocycles. The molecule has 3 fully saturated rings. The summed E-state index contributed by atoms with van der Waals surface area (Å²) in [6, 6.07) is 7.31. The first-order valence-corrected chi connectivity index (χ1v) is 12.7. The number of nitrogens with zero attached hydrogens (tertiary/aromatic N) is 1. The first kappa shape index (κ1) is 26.7. The van der Waals surface area contributed by atoms with Gasteiger partial charge in [0.2, 0.25) is 0 Å². The van der Waals surface area contributed by atoms with E-state index in [-0.39, 0.29) is 11.2 Å². The molecule has 4 unspecified atom stereocenters. The van der Waals surface area contributed by atoms with Gasteiger partial charge in [-0.05, 0) is 76.4 Å². The summed E-state index contributed by atoms with van der Waals surface area (Å²) in [5.74, 6) is 1.30. The highest BCUT2D eigenvalue weighted by molar-refractivity contribution is 5.85. The quantitative estimate of drug-likeness (QED) is 0.369. The van der Waals surface area contributed by atoms with E-state index < -0.39 is 5.97 Å². The van der Waals surface area contributed by atoms with Crippen molar-refractivity contribution in [1.29, 1.82) is 0 Å². The lowest BCUT2D eigenvalue weighted by molar-refractivity contribution is -0.131. The Bertz CT molecular complexity index is 815. The fourth-order valence-electron chi connectivity index (χ4n) is 5.06. The minimum absolute atomic E-state index is 0.145. The Morgan fingerprint density at radius 1 is 1.26 bits per heavy atom. The largest absolute Gasteiger partial charge is 0.492 e. The van der Waals surface area contributed by atoms with Gasteiger partial charge in [-0.2, -0.15) is 0 Å². The Morgan fingerprint density at radius 2 is 1.97 bits per heavy atom. The van der Waals surface area contributed by atoms with Crippen LogP contribution in [0.3, 0.4) is 0 Å². The number of aliphatic carboxylic acids is 1. The molecule has 34 heavy (non-hydrogen) atoms. The van der Waals surface area contributed by atoms with E-state index in [0.29, 0.717) is 18.6 Å². The van der Waals surface area contributed by atoms with Crippen molar-refractivity contribution < 1.29 is 24.1 Å². The van der Waals surface area contributed by atoms with Crippen molar-refractivity contribution in [2.45, 2.75) is 76.6 Å². The maximum absolute atomic E-state index is 10.3. The summed E-state index contributed by atoms with van der Waals surface area (Å²) in [7, 11) is 3.98. The van der Waals surface area contributed by atoms with Crippen LogP contribution in [0, 0.1) is 11.8 Å². The zero-order valence-corrected chi connectivity index (χ0v) is 21.6. The molecule has 1 saturated carbocycles. The van der Waals surface area contributed by atoms with Crippen LogP contribution in [0.2, 0.25) is 0 Å². The number of likely N-dealkylation sites (N-methyl/N-ethyl adjacent to an activating group) is 1. The van der Waals surface area contributed by atoms with Gasteiger partial charge in [0.15, 0.2) is 0 Å². The average molecular weight is 474 g/mol. The summed E-state index contributed by atoms with van der Waals surface area (Å²) in [5, 5.41) is 8.48. The Kier molecular flexibility index (Phi) is 9.19. The summed E-state index contributed by atoms with van der Waals surface area (Å²) >= 11 is 0. The van der Waals surface area contributed by atoms with Gasteiger partial charge in [0.25, 0.3) is 0 Å². The van der Waals surface area contributed by atoms with Crippen LogP contribution < -0.4 is 4.74 Å². The van der Waals surface area contributed by atoms with Crippen molar-refractivity contribution in [2.75, 3.05) is 33.9 Å². The number of carboxylic acid groups (broad SMARTS) is 1. The normalized spacial score (nSPS) is 29.9. The van der Waals surface area contributed by atoms with E-state index in [2.05, 4.69) is 20.8 Å². The van der Waals surface area contributed by atoms with E-state index in [1.54, 1.807) is 6.08 Å². The van der Waals surface area contributed by atoms with E-state index in [1.165, 1.54) is 38.5 Å². The number of carbonyl (C=O) groups is 1. The molecule has 1 aromatic rings. The average Bonchev–Trinajstić information content (AvgIpc) is 3.70. The number of ether oxygens (including phenoxy) is 3. The molecular formula is C28H43NO5. The van der Waals surface area contributed by atoms with Crippen LogP contribution in [0.25, 0.3) is 6.08 Å². The van der Waals surface area contributed by atoms with E-state index in [4.69, 9.17) is 19.3 Å². The summed E-state index contributed by atoms with van der Waals surface area (Å²) in [5.41, 5.74) is 1.22. The molecular weight excluding hydrogens is 430 g/mol. The molecule has 1 spiro atoms. The topological polar surface area (TPSA) is 74.8 Å². The molecule has 1 aromatic carbocycles. The zero-order valence-electron chi connectivity index (χ0n) is 21.6. The molecule has 0 amide bonds. The van der Waals surface area contributed by atoms with Crippen molar-refractivity contribution in [2.24, 2.45) is 11.8 Å². The first-order valence-electron chi connectivity index (χ1n) is 12.7. The van der Waals surface area contributed by atoms with Gasteiger partial charge in [0.1, 0.15) is 12.4 Å². The van der Waals surface area contributed by atoms with Gasteiger partial charge in [-0.25, -0.2) is 4.79 Å². The lowest BCUT2D eigenvalue weighted by atomic mass is 9.71. The van der Waals surface area contributed by atoms with Gasteiger partial charge in [-0.15, -0.1) is 0 Å². The third-order valence-corrected chi connectivity index (χ3v) is 7.28. The number of hydrogen-bond donors (Lipinski definition) is 1. The Morgan fingerprint density at radius 3 is 2.56 bits per heavy atom. The molecule has 0 radical (unpaired) electrons. The van der Waals surface area contributed by atoms with Gasteiger partial charge in [0.05, 0.1) is 23.9 Å². The molecule has 4 rings (SSSR count). The SMILES string of the molecule is CC(C)CCC1OC1(C)C1CCCCC12CO2.CN(C)CCOc1ccc(/C=C/C(=O)O)cc1. The second-order valence-corrected chi connectivity index (χ2v) is 10.8. The van der Waals surface area contributed by atoms with Crippen LogP contribution in [0.1, 0.15) is 64.9 Å². The molecule has 190 valence electrons. The lowest BCUT2D eigenvalue weighted by Gasteiger charge is -2.32. The van der Waals surface area contributed by atoms with Gasteiger partial charge in [-0.3, -0.25) is 0 Å². The van der Waals surface area contributed by atoms with Gasteiger partial charge in [-0.1, -0.05) is 38.8 Å². The van der Waals surface area contributed by atoms with E-state index in [9.17, 15) is 4.79 Å². The highest BCUT2D eigenvalue weighted by Gasteiger charge is 2.67. The van der Waals surface area contributed by atoms with E-state index in [0.717, 1.165) is 36.5 Å². The first-order chi connectivity index (χ1) is 16.1. The molecule has 0 aromatic heterocycles. The second kappa shape index (κ2) is 11.7. The fraction of sp³-hybridized carbons (Fsp3) is 0.679. The van der Waals surface area contributed by atoms with E-state index >= 15 is 0 Å². The van der Waals surface area contributed by atoms with Crippen LogP contribution >= 0.6 is 0 Å². The van der Waals surface area contributed by atoms with Crippen LogP contribution in [0.5, 0.6) is 5.75 Å². The van der Waals surface area contributed by atoms with Crippen LogP contribution in [-0.2, 0) is 14.3 Å². The molecule has 2 heterocycles. The highest BCUT2D eigenvalue weighted by Crippen LogP contribution is 2.58. The number of carboxylic acids is 1. The summed E-state index contributed by atoms with van der Waals surface area (Å²) < 4.78 is 17.4. The summed E-state index contributed by atoms with van der Waals surface area (Å²) in [6.45, 7) is 9.42. The van der Waals surface area contributed by atoms with Crippen molar-refractivity contribution in [3.05, 3.63) is 35.9 Å². The van der Waals surface area contributed by atoms with Crippen LogP contribution in [-0.4, -0.2) is 67.1 Å². The minimum Gasteiger partial charge on any atom is -0.492 e. The number of rotatable bonds is 10. The fourth-order valence-corrected chi connectivity index (χ4v) is 5.06. The summed E-state index contributed by atoms with van der Waals surface area (Å²) in [4.78, 5) is 12.4. The maximum Gasteiger partial charge on any atom is 0.328 e. The number of hydrogen-bond acceptors (Lipinski definition) is 5. The van der Waals surface area contributed by atoms with Gasteiger partial charge in [0, 0.05) is 18.5 Å². The molecule has 2 saturated heterocycles. The predicted molar refractivity (Wildman–Crippen MR) is 135 cm³/mol. The third kappa shape index (κ3) is 7.56. The van der Waals surface area contributed by atoms with Crippen molar-refractivity contribution in [3.8, 4) is 5.75 Å². The maximum atomic E-state index is 10.3. The Hall–Kier alpha value is -1.89. The number of epoxide rings is 2. The molecule has 6 nitrogen and oxygen atoms in total. The van der Waals surface area contributed by atoms with Gasteiger partial charge >= 0.3 is 5.97 Å². The predicted octanol–water partition coefficient (Wildman–Crippen LogP) is 5.26. The molecule has 6 heteroatoms. The monoisotopic (exact) mass is 473 g/mol. The van der Waals surface area contributed by atoms with Crippen molar-refractivity contribution >= 4 is 12.0 Å². The molecule has 1 N–H and O–H groups in total. The zero-order chi connectivity index (χ0) is 24.8. The molecule has 0 bridgehead atoms. The summed E-state index contributed by atoms with van der Waals surface area (Å²) in [6.07, 6.45) is 11.0. The number of benzene rings is 1. The molecule has 1 aliphatic carbocycles. The van der Waals surface area contributed by atoms with Crippen LogP contribution in [0.15, 0.2) is 30.3 Å². The van der Waals surface area contributed by atoms with Crippen LogP contribution in [0.4, 0.5) is 0 Å². The lowest BCUT2D eigenvalue weighted by Crippen LogP contribution is -2.39. The second-order valence-electron chi connectivity index (χ2n) is 10.8. The molecule has 3 aliphatic rings.